The van der Waals surface area contributed by atoms with Crippen molar-refractivity contribution < 1.29 is 9.53 Å². The number of piperidine rings is 1. The summed E-state index contributed by atoms with van der Waals surface area (Å²) in [6.07, 6.45) is 3.22. The van der Waals surface area contributed by atoms with Gasteiger partial charge in [0.05, 0.1) is 7.11 Å². The van der Waals surface area contributed by atoms with E-state index in [2.05, 4.69) is 28.1 Å². The van der Waals surface area contributed by atoms with Crippen LogP contribution in [0.3, 0.4) is 0 Å². The Kier molecular flexibility index (Phi) is 5.38. The number of nitrogens with zero attached hydrogens (tertiary/aromatic N) is 1. The number of thiophene rings is 1. The molecular formula is C18H20BrNO2S. The fourth-order valence-electron chi connectivity index (χ4n) is 3.03. The lowest BCUT2D eigenvalue weighted by atomic mass is 9.90. The van der Waals surface area contributed by atoms with Crippen LogP contribution in [0, 0.1) is 5.92 Å². The van der Waals surface area contributed by atoms with Crippen LogP contribution < -0.4 is 4.74 Å². The van der Waals surface area contributed by atoms with Crippen LogP contribution in [0.1, 0.15) is 28.1 Å². The third-order valence-electron chi connectivity index (χ3n) is 4.40. The molecule has 1 saturated heterocycles. The molecule has 2 heterocycles. The van der Waals surface area contributed by atoms with Gasteiger partial charge in [0.15, 0.2) is 0 Å². The summed E-state index contributed by atoms with van der Waals surface area (Å²) < 4.78 is 6.11. The number of benzene rings is 1. The molecule has 0 saturated carbocycles. The Hall–Kier alpha value is -1.33. The summed E-state index contributed by atoms with van der Waals surface area (Å²) in [5.74, 6) is 1.71. The lowest BCUT2D eigenvalue weighted by Gasteiger charge is -2.32. The van der Waals surface area contributed by atoms with E-state index < -0.39 is 0 Å². The Morgan fingerprint density at radius 2 is 1.96 bits per heavy atom. The minimum absolute atomic E-state index is 0.162. The van der Waals surface area contributed by atoms with Crippen molar-refractivity contribution in [1.82, 2.24) is 4.90 Å². The van der Waals surface area contributed by atoms with Gasteiger partial charge in [-0.25, -0.2) is 0 Å². The van der Waals surface area contributed by atoms with Crippen molar-refractivity contribution in [3.8, 4) is 5.75 Å². The maximum atomic E-state index is 12.5. The second kappa shape index (κ2) is 7.49. The molecule has 1 aromatic heterocycles. The number of halogens is 1. The monoisotopic (exact) mass is 393 g/mol. The molecule has 2 aromatic rings. The molecule has 122 valence electrons. The second-order valence-electron chi connectivity index (χ2n) is 5.89. The molecule has 0 atom stereocenters. The van der Waals surface area contributed by atoms with Crippen molar-refractivity contribution in [2.45, 2.75) is 19.3 Å². The van der Waals surface area contributed by atoms with Gasteiger partial charge in [0.1, 0.15) is 10.6 Å². The average Bonchev–Trinajstić information content (AvgIpc) is 3.02. The summed E-state index contributed by atoms with van der Waals surface area (Å²) >= 11 is 4.96. The normalized spacial score (nSPS) is 15.7. The van der Waals surface area contributed by atoms with Gasteiger partial charge in [-0.1, -0.05) is 12.1 Å². The number of likely N-dealkylation sites (tertiary alicyclic amines) is 1. The fraction of sp³-hybridized carbons (Fsp3) is 0.389. The minimum Gasteiger partial charge on any atom is -0.497 e. The van der Waals surface area contributed by atoms with E-state index in [0.29, 0.717) is 5.92 Å². The van der Waals surface area contributed by atoms with Gasteiger partial charge in [0, 0.05) is 17.6 Å². The van der Waals surface area contributed by atoms with Gasteiger partial charge in [0.25, 0.3) is 5.91 Å². The summed E-state index contributed by atoms with van der Waals surface area (Å²) in [6, 6.07) is 10.2. The van der Waals surface area contributed by atoms with Gasteiger partial charge in [0.2, 0.25) is 0 Å². The standard InChI is InChI=1S/C18H20BrNO2S/c1-22-15-4-2-13(3-5-15)12-14-6-9-20(10-7-14)18(21)17-16(19)8-11-23-17/h2-5,8,11,14H,6-7,9-10,12H2,1H3. The van der Waals surface area contributed by atoms with Gasteiger partial charge in [-0.05, 0) is 70.3 Å². The van der Waals surface area contributed by atoms with Crippen molar-refractivity contribution in [2.75, 3.05) is 20.2 Å². The highest BCUT2D eigenvalue weighted by molar-refractivity contribution is 9.10. The first-order chi connectivity index (χ1) is 11.2. The number of hydrogen-bond donors (Lipinski definition) is 0. The molecule has 0 radical (unpaired) electrons. The molecule has 0 N–H and O–H groups in total. The third kappa shape index (κ3) is 3.96. The van der Waals surface area contributed by atoms with Crippen LogP contribution in [0.25, 0.3) is 0 Å². The first-order valence-corrected chi connectivity index (χ1v) is 9.50. The topological polar surface area (TPSA) is 29.5 Å². The molecule has 5 heteroatoms. The molecule has 0 unspecified atom stereocenters. The minimum atomic E-state index is 0.162. The second-order valence-corrected chi connectivity index (χ2v) is 7.66. The summed E-state index contributed by atoms with van der Waals surface area (Å²) in [4.78, 5) is 15.3. The Labute approximate surface area is 149 Å². The lowest BCUT2D eigenvalue weighted by Crippen LogP contribution is -2.38. The number of hydrogen-bond acceptors (Lipinski definition) is 3. The molecule has 3 nitrogen and oxygen atoms in total. The van der Waals surface area contributed by atoms with Crippen LogP contribution in [0.15, 0.2) is 40.2 Å². The predicted octanol–water partition coefficient (Wildman–Crippen LogP) is 4.61. The lowest BCUT2D eigenvalue weighted by molar-refractivity contribution is 0.0694. The van der Waals surface area contributed by atoms with Gasteiger partial charge < -0.3 is 9.64 Å². The first kappa shape index (κ1) is 16.5. The van der Waals surface area contributed by atoms with Crippen LogP contribution in [0.5, 0.6) is 5.75 Å². The molecule has 1 aliphatic rings. The van der Waals surface area contributed by atoms with Crippen molar-refractivity contribution >= 4 is 33.2 Å². The molecule has 23 heavy (non-hydrogen) atoms. The van der Waals surface area contributed by atoms with Gasteiger partial charge in [-0.3, -0.25) is 4.79 Å². The molecule has 1 fully saturated rings. The zero-order valence-electron chi connectivity index (χ0n) is 13.1. The van der Waals surface area contributed by atoms with Crippen LogP contribution >= 0.6 is 27.3 Å². The SMILES string of the molecule is COc1ccc(CC2CCN(C(=O)c3sccc3Br)CC2)cc1. The van der Waals surface area contributed by atoms with Gasteiger partial charge in [-0.2, -0.15) is 0 Å². The van der Waals surface area contributed by atoms with E-state index in [1.54, 1.807) is 7.11 Å². The highest BCUT2D eigenvalue weighted by atomic mass is 79.9. The molecule has 1 aromatic carbocycles. The van der Waals surface area contributed by atoms with Crippen molar-refractivity contribution in [2.24, 2.45) is 5.92 Å². The third-order valence-corrected chi connectivity index (χ3v) is 6.22. The molecule has 0 aliphatic carbocycles. The quantitative estimate of drug-likeness (QED) is 0.758. The smallest absolute Gasteiger partial charge is 0.265 e. The molecule has 3 rings (SSSR count). The van der Waals surface area contributed by atoms with E-state index in [1.807, 2.05) is 28.5 Å². The zero-order valence-corrected chi connectivity index (χ0v) is 15.5. The molecule has 1 aliphatic heterocycles. The van der Waals surface area contributed by atoms with Crippen molar-refractivity contribution in [3.63, 3.8) is 0 Å². The Morgan fingerprint density at radius 1 is 1.26 bits per heavy atom. The average molecular weight is 394 g/mol. The molecule has 0 bridgehead atoms. The Bertz CT molecular complexity index is 660. The van der Waals surface area contributed by atoms with Crippen molar-refractivity contribution in [3.05, 3.63) is 50.6 Å². The van der Waals surface area contributed by atoms with E-state index in [0.717, 1.165) is 47.5 Å². The number of rotatable bonds is 4. The largest absolute Gasteiger partial charge is 0.497 e. The molecule has 1 amide bonds. The Balaban J connectivity index is 1.54. The highest BCUT2D eigenvalue weighted by Crippen LogP contribution is 2.28. The van der Waals surface area contributed by atoms with Crippen molar-refractivity contribution in [1.29, 1.82) is 0 Å². The zero-order chi connectivity index (χ0) is 16.2. The number of amides is 1. The van der Waals surface area contributed by atoms with E-state index in [-0.39, 0.29) is 5.91 Å². The van der Waals surface area contributed by atoms with Gasteiger partial charge >= 0.3 is 0 Å². The van der Waals surface area contributed by atoms with Crippen LogP contribution in [-0.2, 0) is 6.42 Å². The van der Waals surface area contributed by atoms with E-state index in [4.69, 9.17) is 4.74 Å². The number of methoxy groups -OCH3 is 1. The summed E-state index contributed by atoms with van der Waals surface area (Å²) in [5.41, 5.74) is 1.34. The number of carbonyl (C=O) groups is 1. The maximum absolute atomic E-state index is 12.5. The Morgan fingerprint density at radius 3 is 2.52 bits per heavy atom. The van der Waals surface area contributed by atoms with E-state index >= 15 is 0 Å². The van der Waals surface area contributed by atoms with E-state index in [9.17, 15) is 4.79 Å². The predicted molar refractivity (Wildman–Crippen MR) is 97.3 cm³/mol. The first-order valence-electron chi connectivity index (χ1n) is 7.82. The fourth-order valence-corrected chi connectivity index (χ4v) is 4.53. The van der Waals surface area contributed by atoms with Gasteiger partial charge in [-0.15, -0.1) is 11.3 Å². The molecule has 0 spiro atoms. The van der Waals surface area contributed by atoms with Crippen LogP contribution in [-0.4, -0.2) is 31.0 Å². The highest BCUT2D eigenvalue weighted by Gasteiger charge is 2.25. The van der Waals surface area contributed by atoms with E-state index in [1.165, 1.54) is 16.9 Å². The van der Waals surface area contributed by atoms with Crippen LogP contribution in [0.2, 0.25) is 0 Å². The summed E-state index contributed by atoms with van der Waals surface area (Å²) in [6.45, 7) is 1.70. The number of ether oxygens (including phenoxy) is 1. The van der Waals surface area contributed by atoms with Crippen LogP contribution in [0.4, 0.5) is 0 Å². The maximum Gasteiger partial charge on any atom is 0.265 e. The molecular weight excluding hydrogens is 374 g/mol. The summed E-state index contributed by atoms with van der Waals surface area (Å²) in [7, 11) is 1.69. The number of carbonyl (C=O) groups excluding carboxylic acids is 1. The summed E-state index contributed by atoms with van der Waals surface area (Å²) in [5, 5.41) is 1.95.